The van der Waals surface area contributed by atoms with Gasteiger partial charge in [0.05, 0.1) is 12.6 Å². The third kappa shape index (κ3) is 5.30. The van der Waals surface area contributed by atoms with Gasteiger partial charge in [-0.25, -0.2) is 0 Å². The molecule has 0 aliphatic heterocycles. The van der Waals surface area contributed by atoms with E-state index in [1.807, 2.05) is 45.0 Å². The fourth-order valence-electron chi connectivity index (χ4n) is 1.68. The van der Waals surface area contributed by atoms with E-state index in [9.17, 15) is 4.79 Å². The lowest BCUT2D eigenvalue weighted by Gasteiger charge is -2.17. The number of carbonyl (C=O) groups excluding carboxylic acids is 1. The molecule has 1 rings (SSSR count). The van der Waals surface area contributed by atoms with Crippen LogP contribution in [0.2, 0.25) is 0 Å². The molecule has 0 aromatic heterocycles. The summed E-state index contributed by atoms with van der Waals surface area (Å²) in [5.74, 6) is 0.903. The summed E-state index contributed by atoms with van der Waals surface area (Å²) in [6, 6.07) is 7.39. The minimum absolute atomic E-state index is 0.109. The standard InChI is InChI=1S/C15H24N2O2/c1-4-12(3)14(16)15(18)17-8-9-19-13-7-5-6-11(2)10-13/h5-7,10,12,14H,4,8-9,16H2,1-3H3,(H,17,18)/t12?,14-/m0/s1. The van der Waals surface area contributed by atoms with Crippen molar-refractivity contribution < 1.29 is 9.53 Å². The predicted octanol–water partition coefficient (Wildman–Crippen LogP) is 1.86. The van der Waals surface area contributed by atoms with Gasteiger partial charge in [-0.3, -0.25) is 4.79 Å². The second-order valence-corrected chi connectivity index (χ2v) is 4.87. The van der Waals surface area contributed by atoms with Crippen LogP contribution in [0.15, 0.2) is 24.3 Å². The lowest BCUT2D eigenvalue weighted by atomic mass is 9.99. The van der Waals surface area contributed by atoms with Crippen molar-refractivity contribution in [1.82, 2.24) is 5.32 Å². The third-order valence-electron chi connectivity index (χ3n) is 3.22. The van der Waals surface area contributed by atoms with Gasteiger partial charge in [0.2, 0.25) is 5.91 Å². The number of carbonyl (C=O) groups is 1. The summed E-state index contributed by atoms with van der Waals surface area (Å²) in [6.45, 7) is 6.94. The van der Waals surface area contributed by atoms with Crippen LogP contribution in [0.5, 0.6) is 5.75 Å². The van der Waals surface area contributed by atoms with Gasteiger partial charge in [0, 0.05) is 0 Å². The van der Waals surface area contributed by atoms with Gasteiger partial charge in [0.15, 0.2) is 0 Å². The van der Waals surface area contributed by atoms with E-state index >= 15 is 0 Å². The predicted molar refractivity (Wildman–Crippen MR) is 77.1 cm³/mol. The average molecular weight is 264 g/mol. The summed E-state index contributed by atoms with van der Waals surface area (Å²) in [5.41, 5.74) is 6.98. The van der Waals surface area contributed by atoms with Crippen molar-refractivity contribution in [2.24, 2.45) is 11.7 Å². The van der Waals surface area contributed by atoms with E-state index in [1.165, 1.54) is 0 Å². The molecule has 0 heterocycles. The molecule has 0 aliphatic carbocycles. The Morgan fingerprint density at radius 1 is 1.47 bits per heavy atom. The molecule has 0 saturated heterocycles. The van der Waals surface area contributed by atoms with Crippen LogP contribution in [0, 0.1) is 12.8 Å². The van der Waals surface area contributed by atoms with E-state index < -0.39 is 6.04 Å². The van der Waals surface area contributed by atoms with Gasteiger partial charge in [0.25, 0.3) is 0 Å². The molecule has 0 aliphatic rings. The van der Waals surface area contributed by atoms with Gasteiger partial charge in [-0.15, -0.1) is 0 Å². The molecule has 106 valence electrons. The molecule has 0 bridgehead atoms. The number of hydrogen-bond acceptors (Lipinski definition) is 3. The van der Waals surface area contributed by atoms with Gasteiger partial charge in [0.1, 0.15) is 12.4 Å². The number of ether oxygens (including phenoxy) is 1. The van der Waals surface area contributed by atoms with E-state index in [0.717, 1.165) is 17.7 Å². The van der Waals surface area contributed by atoms with E-state index in [0.29, 0.717) is 13.2 Å². The number of aryl methyl sites for hydroxylation is 1. The Hall–Kier alpha value is -1.55. The van der Waals surface area contributed by atoms with Crippen molar-refractivity contribution in [2.75, 3.05) is 13.2 Å². The molecule has 0 saturated carbocycles. The summed E-state index contributed by atoms with van der Waals surface area (Å²) < 4.78 is 5.55. The Morgan fingerprint density at radius 3 is 2.84 bits per heavy atom. The zero-order valence-corrected chi connectivity index (χ0v) is 12.0. The fraction of sp³-hybridized carbons (Fsp3) is 0.533. The van der Waals surface area contributed by atoms with E-state index in [1.54, 1.807) is 0 Å². The van der Waals surface area contributed by atoms with Gasteiger partial charge in [-0.1, -0.05) is 32.4 Å². The highest BCUT2D eigenvalue weighted by molar-refractivity contribution is 5.81. The van der Waals surface area contributed by atoms with Crippen molar-refractivity contribution in [2.45, 2.75) is 33.2 Å². The minimum atomic E-state index is -0.441. The summed E-state index contributed by atoms with van der Waals surface area (Å²) in [5, 5.41) is 2.79. The second-order valence-electron chi connectivity index (χ2n) is 4.87. The first kappa shape index (κ1) is 15.5. The number of hydrogen-bond donors (Lipinski definition) is 2. The van der Waals surface area contributed by atoms with Crippen LogP contribution in [-0.4, -0.2) is 25.1 Å². The number of rotatable bonds is 7. The van der Waals surface area contributed by atoms with Crippen LogP contribution in [0.3, 0.4) is 0 Å². The van der Waals surface area contributed by atoms with Gasteiger partial charge < -0.3 is 15.8 Å². The second kappa shape index (κ2) is 7.79. The van der Waals surface area contributed by atoms with Gasteiger partial charge >= 0.3 is 0 Å². The van der Waals surface area contributed by atoms with Crippen LogP contribution in [0.25, 0.3) is 0 Å². The fourth-order valence-corrected chi connectivity index (χ4v) is 1.68. The van der Waals surface area contributed by atoms with Crippen molar-refractivity contribution in [1.29, 1.82) is 0 Å². The zero-order valence-electron chi connectivity index (χ0n) is 12.0. The topological polar surface area (TPSA) is 64.4 Å². The van der Waals surface area contributed by atoms with E-state index in [-0.39, 0.29) is 11.8 Å². The maximum absolute atomic E-state index is 11.7. The summed E-state index contributed by atoms with van der Waals surface area (Å²) in [7, 11) is 0. The highest BCUT2D eigenvalue weighted by Crippen LogP contribution is 2.11. The molecule has 4 heteroatoms. The minimum Gasteiger partial charge on any atom is -0.492 e. The van der Waals surface area contributed by atoms with E-state index in [4.69, 9.17) is 10.5 Å². The number of nitrogens with two attached hydrogens (primary N) is 1. The molecular formula is C15H24N2O2. The van der Waals surface area contributed by atoms with Crippen LogP contribution < -0.4 is 15.8 Å². The van der Waals surface area contributed by atoms with Crippen molar-refractivity contribution >= 4 is 5.91 Å². The molecule has 1 unspecified atom stereocenters. The average Bonchev–Trinajstić information content (AvgIpc) is 2.41. The molecule has 2 atom stereocenters. The Kier molecular flexibility index (Phi) is 6.36. The molecule has 0 fully saturated rings. The Balaban J connectivity index is 2.26. The molecular weight excluding hydrogens is 240 g/mol. The van der Waals surface area contributed by atoms with Crippen molar-refractivity contribution in [3.8, 4) is 5.75 Å². The molecule has 0 radical (unpaired) electrons. The first-order chi connectivity index (χ1) is 9.04. The molecule has 1 amide bonds. The van der Waals surface area contributed by atoms with Crippen molar-refractivity contribution in [3.05, 3.63) is 29.8 Å². The van der Waals surface area contributed by atoms with Crippen LogP contribution >= 0.6 is 0 Å². The molecule has 19 heavy (non-hydrogen) atoms. The monoisotopic (exact) mass is 264 g/mol. The SMILES string of the molecule is CCC(C)[C@H](N)C(=O)NCCOc1cccc(C)c1. The Bertz CT molecular complexity index is 407. The smallest absolute Gasteiger partial charge is 0.237 e. The first-order valence-electron chi connectivity index (χ1n) is 6.77. The highest BCUT2D eigenvalue weighted by Gasteiger charge is 2.18. The van der Waals surface area contributed by atoms with Crippen molar-refractivity contribution in [3.63, 3.8) is 0 Å². The lowest BCUT2D eigenvalue weighted by Crippen LogP contribution is -2.45. The summed E-state index contributed by atoms with van der Waals surface area (Å²) in [6.07, 6.45) is 0.897. The highest BCUT2D eigenvalue weighted by atomic mass is 16.5. The molecule has 4 nitrogen and oxygen atoms in total. The normalized spacial score (nSPS) is 13.7. The maximum Gasteiger partial charge on any atom is 0.237 e. The Labute approximate surface area is 115 Å². The van der Waals surface area contributed by atoms with Crippen LogP contribution in [0.1, 0.15) is 25.8 Å². The molecule has 1 aromatic rings. The molecule has 3 N–H and O–H groups in total. The molecule has 0 spiro atoms. The molecule has 1 aromatic carbocycles. The van der Waals surface area contributed by atoms with Gasteiger partial charge in [-0.2, -0.15) is 0 Å². The van der Waals surface area contributed by atoms with Crippen LogP contribution in [-0.2, 0) is 4.79 Å². The van der Waals surface area contributed by atoms with E-state index in [2.05, 4.69) is 5.32 Å². The lowest BCUT2D eigenvalue weighted by molar-refractivity contribution is -0.123. The summed E-state index contributed by atoms with van der Waals surface area (Å²) in [4.78, 5) is 11.7. The number of amides is 1. The zero-order chi connectivity index (χ0) is 14.3. The quantitative estimate of drug-likeness (QED) is 0.739. The summed E-state index contributed by atoms with van der Waals surface area (Å²) >= 11 is 0. The Morgan fingerprint density at radius 2 is 2.21 bits per heavy atom. The van der Waals surface area contributed by atoms with Crippen LogP contribution in [0.4, 0.5) is 0 Å². The number of nitrogens with one attached hydrogen (secondary N) is 1. The third-order valence-corrected chi connectivity index (χ3v) is 3.22. The first-order valence-corrected chi connectivity index (χ1v) is 6.77. The number of benzene rings is 1. The van der Waals surface area contributed by atoms with Gasteiger partial charge in [-0.05, 0) is 30.5 Å². The largest absolute Gasteiger partial charge is 0.492 e. The maximum atomic E-state index is 11.7.